The molecule has 5 nitrogen and oxygen atoms in total. The highest BCUT2D eigenvalue weighted by atomic mass is 16.4. The van der Waals surface area contributed by atoms with Gasteiger partial charge in [-0.15, -0.1) is 0 Å². The quantitative estimate of drug-likeness (QED) is 0.778. The Hall–Kier alpha value is -2.56. The molecule has 0 fully saturated rings. The predicted octanol–water partition coefficient (Wildman–Crippen LogP) is 2.87. The third-order valence-electron chi connectivity index (χ3n) is 3.85. The van der Waals surface area contributed by atoms with Gasteiger partial charge in [-0.3, -0.25) is 9.59 Å². The van der Waals surface area contributed by atoms with E-state index in [9.17, 15) is 19.8 Å². The minimum atomic E-state index is -0.925. The fraction of sp³-hybridized carbons (Fsp3) is 0.294. The number of hydrogen-bond acceptors (Lipinski definition) is 3. The SMILES string of the molecule is CC1=C(CC(=O)O)C(c2ccccc2)C(CC(=O)O)=C(C)N1. The van der Waals surface area contributed by atoms with E-state index in [0.29, 0.717) is 11.1 Å². The number of carbonyl (C=O) groups is 2. The number of benzene rings is 1. The van der Waals surface area contributed by atoms with E-state index in [1.54, 1.807) is 0 Å². The van der Waals surface area contributed by atoms with Crippen LogP contribution >= 0.6 is 0 Å². The molecule has 116 valence electrons. The summed E-state index contributed by atoms with van der Waals surface area (Å²) < 4.78 is 0. The Morgan fingerprint density at radius 3 is 1.82 bits per heavy atom. The molecule has 0 spiro atoms. The van der Waals surface area contributed by atoms with Gasteiger partial charge in [0.15, 0.2) is 0 Å². The first kappa shape index (κ1) is 15.8. The number of rotatable bonds is 5. The molecule has 0 bridgehead atoms. The second-order valence-corrected chi connectivity index (χ2v) is 5.41. The Morgan fingerprint density at radius 2 is 1.41 bits per heavy atom. The van der Waals surface area contributed by atoms with Gasteiger partial charge in [0, 0.05) is 17.3 Å². The Morgan fingerprint density at radius 1 is 0.955 bits per heavy atom. The van der Waals surface area contributed by atoms with Crippen molar-refractivity contribution in [2.45, 2.75) is 32.6 Å². The molecular formula is C17H19NO4. The standard InChI is InChI=1S/C17H19NO4/c1-10-13(8-15(19)20)17(12-6-4-3-5-7-12)14(9-16(21)22)11(2)18-10/h3-7,17-18H,8-9H2,1-2H3,(H,19,20)(H,21,22). The van der Waals surface area contributed by atoms with Crippen molar-refractivity contribution in [3.63, 3.8) is 0 Å². The molecule has 0 radical (unpaired) electrons. The van der Waals surface area contributed by atoms with E-state index >= 15 is 0 Å². The summed E-state index contributed by atoms with van der Waals surface area (Å²) >= 11 is 0. The molecule has 0 atom stereocenters. The van der Waals surface area contributed by atoms with Gasteiger partial charge in [0.25, 0.3) is 0 Å². The van der Waals surface area contributed by atoms with Gasteiger partial charge in [0.1, 0.15) is 0 Å². The Balaban J connectivity index is 2.55. The second-order valence-electron chi connectivity index (χ2n) is 5.41. The van der Waals surface area contributed by atoms with Crippen LogP contribution in [0, 0.1) is 0 Å². The molecule has 0 aromatic heterocycles. The summed E-state index contributed by atoms with van der Waals surface area (Å²) in [4.78, 5) is 22.4. The molecule has 0 saturated heterocycles. The van der Waals surface area contributed by atoms with Gasteiger partial charge in [0.05, 0.1) is 12.8 Å². The molecule has 0 aliphatic carbocycles. The molecule has 2 rings (SSSR count). The summed E-state index contributed by atoms with van der Waals surface area (Å²) in [7, 11) is 0. The van der Waals surface area contributed by atoms with Crippen LogP contribution in [0.2, 0.25) is 0 Å². The van der Waals surface area contributed by atoms with E-state index in [1.165, 1.54) is 0 Å². The summed E-state index contributed by atoms with van der Waals surface area (Å²) in [5, 5.41) is 21.5. The van der Waals surface area contributed by atoms with E-state index in [2.05, 4.69) is 5.32 Å². The van der Waals surface area contributed by atoms with Gasteiger partial charge in [-0.2, -0.15) is 0 Å². The number of hydrogen-bond donors (Lipinski definition) is 3. The zero-order valence-electron chi connectivity index (χ0n) is 12.6. The Kier molecular flexibility index (Phi) is 4.65. The lowest BCUT2D eigenvalue weighted by Gasteiger charge is -2.32. The van der Waals surface area contributed by atoms with Crippen LogP contribution in [0.5, 0.6) is 0 Å². The largest absolute Gasteiger partial charge is 0.481 e. The van der Waals surface area contributed by atoms with Crippen molar-refractivity contribution in [3.05, 3.63) is 58.4 Å². The summed E-state index contributed by atoms with van der Waals surface area (Å²) in [6.07, 6.45) is -0.233. The number of nitrogens with one attached hydrogen (secondary N) is 1. The van der Waals surface area contributed by atoms with Crippen LogP contribution in [0.1, 0.15) is 38.2 Å². The molecular weight excluding hydrogens is 282 g/mol. The lowest BCUT2D eigenvalue weighted by atomic mass is 9.78. The zero-order chi connectivity index (χ0) is 16.3. The molecule has 1 aliphatic heterocycles. The number of carboxylic acid groups (broad SMARTS) is 2. The lowest BCUT2D eigenvalue weighted by Crippen LogP contribution is -2.26. The van der Waals surface area contributed by atoms with Crippen molar-refractivity contribution in [3.8, 4) is 0 Å². The monoisotopic (exact) mass is 301 g/mol. The molecule has 22 heavy (non-hydrogen) atoms. The minimum Gasteiger partial charge on any atom is -0.481 e. The van der Waals surface area contributed by atoms with Crippen LogP contribution in [0.4, 0.5) is 0 Å². The molecule has 5 heteroatoms. The molecule has 1 aromatic rings. The molecule has 1 aromatic carbocycles. The number of aliphatic carboxylic acids is 2. The highest BCUT2D eigenvalue weighted by Gasteiger charge is 2.30. The van der Waals surface area contributed by atoms with Crippen LogP contribution < -0.4 is 5.32 Å². The van der Waals surface area contributed by atoms with Crippen molar-refractivity contribution in [1.29, 1.82) is 0 Å². The third-order valence-corrected chi connectivity index (χ3v) is 3.85. The van der Waals surface area contributed by atoms with Gasteiger partial charge >= 0.3 is 11.9 Å². The number of dihydropyridines is 1. The van der Waals surface area contributed by atoms with Crippen molar-refractivity contribution >= 4 is 11.9 Å². The average Bonchev–Trinajstić information content (AvgIpc) is 2.44. The summed E-state index contributed by atoms with van der Waals surface area (Å²) in [6.45, 7) is 3.66. The maximum Gasteiger partial charge on any atom is 0.307 e. The van der Waals surface area contributed by atoms with Crippen LogP contribution in [0.3, 0.4) is 0 Å². The normalized spacial score (nSPS) is 15.7. The number of carboxylic acids is 2. The first-order valence-corrected chi connectivity index (χ1v) is 7.05. The fourth-order valence-electron chi connectivity index (χ4n) is 2.93. The van der Waals surface area contributed by atoms with Gasteiger partial charge in [-0.05, 0) is 30.6 Å². The first-order valence-electron chi connectivity index (χ1n) is 7.05. The third kappa shape index (κ3) is 3.36. The number of allylic oxidation sites excluding steroid dienone is 2. The summed E-state index contributed by atoms with van der Waals surface area (Å²) in [5.41, 5.74) is 3.89. The maximum absolute atomic E-state index is 11.2. The summed E-state index contributed by atoms with van der Waals surface area (Å²) in [6, 6.07) is 9.43. The molecule has 0 amide bonds. The van der Waals surface area contributed by atoms with E-state index in [4.69, 9.17) is 0 Å². The van der Waals surface area contributed by atoms with E-state index in [-0.39, 0.29) is 18.8 Å². The predicted molar refractivity (Wildman–Crippen MR) is 82.2 cm³/mol. The molecule has 0 unspecified atom stereocenters. The highest BCUT2D eigenvalue weighted by Crippen LogP contribution is 2.40. The van der Waals surface area contributed by atoms with E-state index < -0.39 is 11.9 Å². The van der Waals surface area contributed by atoms with Crippen LogP contribution in [-0.2, 0) is 9.59 Å². The smallest absolute Gasteiger partial charge is 0.307 e. The summed E-state index contributed by atoms with van der Waals surface area (Å²) in [5.74, 6) is -2.16. The van der Waals surface area contributed by atoms with Crippen molar-refractivity contribution in [2.75, 3.05) is 0 Å². The maximum atomic E-state index is 11.2. The highest BCUT2D eigenvalue weighted by molar-refractivity contribution is 5.74. The Labute approximate surface area is 129 Å². The molecule has 1 aliphatic rings. The Bertz CT molecular complexity index is 620. The average molecular weight is 301 g/mol. The molecule has 0 saturated carbocycles. The molecule has 1 heterocycles. The first-order chi connectivity index (χ1) is 10.4. The topological polar surface area (TPSA) is 86.6 Å². The fourth-order valence-corrected chi connectivity index (χ4v) is 2.93. The van der Waals surface area contributed by atoms with E-state index in [0.717, 1.165) is 17.0 Å². The van der Waals surface area contributed by atoms with Crippen molar-refractivity contribution in [2.24, 2.45) is 0 Å². The van der Waals surface area contributed by atoms with Crippen LogP contribution in [0.15, 0.2) is 52.9 Å². The van der Waals surface area contributed by atoms with Crippen LogP contribution in [-0.4, -0.2) is 22.2 Å². The minimum absolute atomic E-state index is 0.116. The van der Waals surface area contributed by atoms with Gasteiger partial charge in [-0.1, -0.05) is 30.3 Å². The van der Waals surface area contributed by atoms with Crippen molar-refractivity contribution in [1.82, 2.24) is 5.32 Å². The van der Waals surface area contributed by atoms with Gasteiger partial charge in [-0.25, -0.2) is 0 Å². The van der Waals surface area contributed by atoms with Crippen molar-refractivity contribution < 1.29 is 19.8 Å². The van der Waals surface area contributed by atoms with Gasteiger partial charge in [0.2, 0.25) is 0 Å². The molecule has 3 N–H and O–H groups in total. The lowest BCUT2D eigenvalue weighted by molar-refractivity contribution is -0.137. The second kappa shape index (κ2) is 6.47. The van der Waals surface area contributed by atoms with Gasteiger partial charge < -0.3 is 15.5 Å². The zero-order valence-corrected chi connectivity index (χ0v) is 12.6. The van der Waals surface area contributed by atoms with E-state index in [1.807, 2.05) is 44.2 Å². The van der Waals surface area contributed by atoms with Crippen LogP contribution in [0.25, 0.3) is 0 Å².